The summed E-state index contributed by atoms with van der Waals surface area (Å²) in [5.74, 6) is -0.0986. The van der Waals surface area contributed by atoms with Crippen molar-refractivity contribution in [3.05, 3.63) is 72.9 Å². The Morgan fingerprint density at radius 3 is 1.46 bits per heavy atom. The number of rotatable bonds is 35. The summed E-state index contributed by atoms with van der Waals surface area (Å²) < 4.78 is 0. The van der Waals surface area contributed by atoms with Gasteiger partial charge in [0, 0.05) is 6.42 Å². The molecule has 0 rings (SSSR count). The first-order chi connectivity index (χ1) is 23.7. The fraction of sp³-hybridized carbons (Fsp3) is 0.705. The smallest absolute Gasteiger partial charge is 0.220 e. The van der Waals surface area contributed by atoms with Gasteiger partial charge in [-0.1, -0.05) is 170 Å². The molecule has 0 aliphatic heterocycles. The van der Waals surface area contributed by atoms with E-state index < -0.39 is 12.1 Å². The number of amides is 1. The standard InChI is InChI=1S/C44H77NO3/c1-3-5-7-9-11-13-15-17-19-20-21-22-23-24-26-27-29-31-33-35-37-39-43(47)42(41-46)45-44(48)40-38-36-34-32-30-28-25-18-16-14-12-10-8-6-4-2/h6,8,12,14,18,23-25,29,31,37,39,42-43,46-47H,3-5,7,9-11,13,15-17,19-22,26-28,30,32-36,38,40-41H2,1-2H3,(H,45,48)/b8-6-,14-12-,24-23+,25-18-,31-29+,39-37+. The van der Waals surface area contributed by atoms with E-state index in [0.29, 0.717) is 6.42 Å². The van der Waals surface area contributed by atoms with Crippen LogP contribution in [0.25, 0.3) is 0 Å². The van der Waals surface area contributed by atoms with Gasteiger partial charge in [-0.25, -0.2) is 0 Å². The maximum atomic E-state index is 12.3. The second-order valence-electron chi connectivity index (χ2n) is 13.3. The van der Waals surface area contributed by atoms with E-state index in [1.807, 2.05) is 6.08 Å². The lowest BCUT2D eigenvalue weighted by molar-refractivity contribution is -0.123. The third kappa shape index (κ3) is 35.1. The third-order valence-electron chi connectivity index (χ3n) is 8.65. The first kappa shape index (κ1) is 45.8. The van der Waals surface area contributed by atoms with Crippen LogP contribution in [-0.4, -0.2) is 34.9 Å². The molecule has 2 unspecified atom stereocenters. The molecule has 0 aromatic carbocycles. The van der Waals surface area contributed by atoms with Crippen LogP contribution in [-0.2, 0) is 4.79 Å². The topological polar surface area (TPSA) is 69.6 Å². The van der Waals surface area contributed by atoms with Crippen molar-refractivity contribution in [2.75, 3.05) is 6.61 Å². The summed E-state index contributed by atoms with van der Waals surface area (Å²) in [6, 6.07) is -0.657. The highest BCUT2D eigenvalue weighted by Crippen LogP contribution is 2.12. The fourth-order valence-electron chi connectivity index (χ4n) is 5.58. The van der Waals surface area contributed by atoms with Crippen molar-refractivity contribution in [2.24, 2.45) is 0 Å². The Balaban J connectivity index is 3.72. The number of hydrogen-bond donors (Lipinski definition) is 3. The normalized spacial score (nSPS) is 13.8. The summed E-state index contributed by atoms with van der Waals surface area (Å²) >= 11 is 0. The number of allylic oxidation sites excluding steroid dienone is 11. The van der Waals surface area contributed by atoms with E-state index in [0.717, 1.165) is 70.6 Å². The monoisotopic (exact) mass is 668 g/mol. The molecule has 0 aliphatic rings. The largest absolute Gasteiger partial charge is 0.394 e. The molecule has 3 N–H and O–H groups in total. The highest BCUT2D eigenvalue weighted by molar-refractivity contribution is 5.76. The van der Waals surface area contributed by atoms with Crippen molar-refractivity contribution in [2.45, 2.75) is 193 Å². The summed E-state index contributed by atoms with van der Waals surface area (Å²) in [6.45, 7) is 4.16. The number of hydrogen-bond acceptors (Lipinski definition) is 3. The Hall–Kier alpha value is -2.17. The number of aliphatic hydroxyl groups is 2. The minimum Gasteiger partial charge on any atom is -0.394 e. The molecule has 0 aromatic rings. The van der Waals surface area contributed by atoms with E-state index in [1.165, 1.54) is 89.9 Å². The molecule has 0 bridgehead atoms. The lowest BCUT2D eigenvalue weighted by Gasteiger charge is -2.19. The number of nitrogens with one attached hydrogen (secondary N) is 1. The lowest BCUT2D eigenvalue weighted by atomic mass is 10.1. The lowest BCUT2D eigenvalue weighted by Crippen LogP contribution is -2.45. The minimum atomic E-state index is -0.880. The zero-order valence-corrected chi connectivity index (χ0v) is 31.5. The summed E-state index contributed by atoms with van der Waals surface area (Å²) in [4.78, 5) is 12.3. The zero-order chi connectivity index (χ0) is 35.0. The van der Waals surface area contributed by atoms with Crippen molar-refractivity contribution < 1.29 is 15.0 Å². The summed E-state index contributed by atoms with van der Waals surface area (Å²) in [5.41, 5.74) is 0. The molecule has 0 aromatic heterocycles. The average Bonchev–Trinajstić information content (AvgIpc) is 3.09. The van der Waals surface area contributed by atoms with Gasteiger partial charge in [-0.3, -0.25) is 4.79 Å². The Bertz CT molecular complexity index is 853. The van der Waals surface area contributed by atoms with Crippen molar-refractivity contribution in [3.63, 3.8) is 0 Å². The number of unbranched alkanes of at least 4 members (excludes halogenated alkanes) is 18. The molecule has 0 radical (unpaired) electrons. The highest BCUT2D eigenvalue weighted by atomic mass is 16.3. The van der Waals surface area contributed by atoms with E-state index in [4.69, 9.17) is 0 Å². The molecule has 4 nitrogen and oxygen atoms in total. The van der Waals surface area contributed by atoms with Crippen LogP contribution < -0.4 is 5.32 Å². The predicted octanol–water partition coefficient (Wildman–Crippen LogP) is 12.3. The van der Waals surface area contributed by atoms with E-state index in [9.17, 15) is 15.0 Å². The molecule has 0 spiro atoms. The van der Waals surface area contributed by atoms with Crippen LogP contribution in [0.1, 0.15) is 181 Å². The molecule has 0 aliphatic carbocycles. The van der Waals surface area contributed by atoms with Gasteiger partial charge in [0.2, 0.25) is 5.91 Å². The molecule has 0 saturated carbocycles. The van der Waals surface area contributed by atoms with Crippen LogP contribution in [0.15, 0.2) is 72.9 Å². The van der Waals surface area contributed by atoms with Crippen molar-refractivity contribution in [1.82, 2.24) is 5.32 Å². The second-order valence-corrected chi connectivity index (χ2v) is 13.3. The Morgan fingerprint density at radius 2 is 0.938 bits per heavy atom. The second kappa shape index (κ2) is 39.3. The number of carbonyl (C=O) groups is 1. The van der Waals surface area contributed by atoms with E-state index in [1.54, 1.807) is 6.08 Å². The van der Waals surface area contributed by atoms with Gasteiger partial charge in [-0.05, 0) is 77.0 Å². The zero-order valence-electron chi connectivity index (χ0n) is 31.5. The average molecular weight is 668 g/mol. The van der Waals surface area contributed by atoms with Crippen molar-refractivity contribution in [1.29, 1.82) is 0 Å². The first-order valence-corrected chi connectivity index (χ1v) is 20.2. The van der Waals surface area contributed by atoms with E-state index in [2.05, 4.69) is 79.9 Å². The van der Waals surface area contributed by atoms with Crippen LogP contribution in [0.4, 0.5) is 0 Å². The maximum Gasteiger partial charge on any atom is 0.220 e. The predicted molar refractivity (Wildman–Crippen MR) is 211 cm³/mol. The van der Waals surface area contributed by atoms with Gasteiger partial charge in [0.25, 0.3) is 0 Å². The van der Waals surface area contributed by atoms with Gasteiger partial charge in [0.1, 0.15) is 0 Å². The molecule has 4 heteroatoms. The molecule has 0 saturated heterocycles. The SMILES string of the molecule is CC/C=C\C/C=C\C/C=C\CCCCCCCC(=O)NC(CO)C(O)/C=C/CC/C=C/CC/C=C/CCCCCCCCCCCCC. The summed E-state index contributed by atoms with van der Waals surface area (Å²) in [7, 11) is 0. The maximum absolute atomic E-state index is 12.3. The van der Waals surface area contributed by atoms with Crippen LogP contribution in [0.5, 0.6) is 0 Å². The van der Waals surface area contributed by atoms with Crippen LogP contribution in [0.3, 0.4) is 0 Å². The molecule has 276 valence electrons. The highest BCUT2D eigenvalue weighted by Gasteiger charge is 2.17. The quantitative estimate of drug-likeness (QED) is 0.0465. The molecule has 2 atom stereocenters. The summed E-state index contributed by atoms with van der Waals surface area (Å²) in [6.07, 6.45) is 55.7. The first-order valence-electron chi connectivity index (χ1n) is 20.2. The van der Waals surface area contributed by atoms with Crippen molar-refractivity contribution >= 4 is 5.91 Å². The molecule has 0 heterocycles. The van der Waals surface area contributed by atoms with Gasteiger partial charge in [-0.2, -0.15) is 0 Å². The molecular weight excluding hydrogens is 590 g/mol. The Kier molecular flexibility index (Phi) is 37.5. The van der Waals surface area contributed by atoms with Gasteiger partial charge >= 0.3 is 0 Å². The number of carbonyl (C=O) groups excluding carboxylic acids is 1. The Morgan fingerprint density at radius 1 is 0.521 bits per heavy atom. The minimum absolute atomic E-state index is 0.0986. The summed E-state index contributed by atoms with van der Waals surface area (Å²) in [5, 5.41) is 22.9. The van der Waals surface area contributed by atoms with E-state index >= 15 is 0 Å². The van der Waals surface area contributed by atoms with Crippen LogP contribution >= 0.6 is 0 Å². The van der Waals surface area contributed by atoms with Gasteiger partial charge in [0.15, 0.2) is 0 Å². The van der Waals surface area contributed by atoms with Crippen molar-refractivity contribution in [3.8, 4) is 0 Å². The fourth-order valence-corrected chi connectivity index (χ4v) is 5.58. The third-order valence-corrected chi connectivity index (χ3v) is 8.65. The molecular formula is C44H77NO3. The Labute approximate surface area is 298 Å². The number of aliphatic hydroxyl groups excluding tert-OH is 2. The van der Waals surface area contributed by atoms with Gasteiger partial charge in [0.05, 0.1) is 18.8 Å². The molecule has 1 amide bonds. The van der Waals surface area contributed by atoms with Crippen LogP contribution in [0.2, 0.25) is 0 Å². The van der Waals surface area contributed by atoms with E-state index in [-0.39, 0.29) is 12.5 Å². The molecule has 48 heavy (non-hydrogen) atoms. The van der Waals surface area contributed by atoms with Crippen LogP contribution in [0, 0.1) is 0 Å². The molecule has 0 fully saturated rings. The van der Waals surface area contributed by atoms with Gasteiger partial charge < -0.3 is 15.5 Å². The van der Waals surface area contributed by atoms with Gasteiger partial charge in [-0.15, -0.1) is 0 Å².